The van der Waals surface area contributed by atoms with Crippen molar-refractivity contribution < 1.29 is 9.59 Å². The zero-order chi connectivity index (χ0) is 15.2. The Balaban J connectivity index is 2.01. The van der Waals surface area contributed by atoms with Gasteiger partial charge in [0.15, 0.2) is 0 Å². The standard InChI is InChI=1S/C16H23N3O2/c1-3-18-16(21)15-8-14(9-17-10-15)7-13-5-4-6-19(11-13)12(2)20/h8-10,13H,3-7,11H2,1-2H3,(H,18,21). The third kappa shape index (κ3) is 4.28. The minimum atomic E-state index is -0.0825. The van der Waals surface area contributed by atoms with E-state index in [0.29, 0.717) is 18.0 Å². The lowest BCUT2D eigenvalue weighted by Crippen LogP contribution is -2.39. The van der Waals surface area contributed by atoms with Crippen molar-refractivity contribution in [2.24, 2.45) is 5.92 Å². The Labute approximate surface area is 125 Å². The number of rotatable bonds is 4. The van der Waals surface area contributed by atoms with Gasteiger partial charge in [-0.15, -0.1) is 0 Å². The number of carbonyl (C=O) groups excluding carboxylic acids is 2. The first-order chi connectivity index (χ1) is 10.1. The molecule has 2 amide bonds. The molecule has 5 nitrogen and oxygen atoms in total. The topological polar surface area (TPSA) is 62.3 Å². The van der Waals surface area contributed by atoms with Crippen LogP contribution in [-0.2, 0) is 11.2 Å². The number of hydrogen-bond acceptors (Lipinski definition) is 3. The third-order valence-electron chi connectivity index (χ3n) is 3.88. The summed E-state index contributed by atoms with van der Waals surface area (Å²) >= 11 is 0. The molecule has 0 radical (unpaired) electrons. The lowest BCUT2D eigenvalue weighted by Gasteiger charge is -2.32. The molecule has 2 rings (SSSR count). The molecule has 0 bridgehead atoms. The van der Waals surface area contributed by atoms with Gasteiger partial charge in [-0.05, 0) is 43.7 Å². The molecule has 1 unspecified atom stereocenters. The molecule has 1 aromatic heterocycles. The SMILES string of the molecule is CCNC(=O)c1cncc(CC2CCCN(C(C)=O)C2)c1. The second kappa shape index (κ2) is 7.20. The number of carbonyl (C=O) groups is 2. The Bertz CT molecular complexity index is 516. The Morgan fingerprint density at radius 1 is 1.43 bits per heavy atom. The lowest BCUT2D eigenvalue weighted by molar-refractivity contribution is -0.130. The van der Waals surface area contributed by atoms with E-state index in [-0.39, 0.29) is 11.8 Å². The first-order valence-corrected chi connectivity index (χ1v) is 7.57. The molecule has 1 fully saturated rings. The lowest BCUT2D eigenvalue weighted by atomic mass is 9.91. The summed E-state index contributed by atoms with van der Waals surface area (Å²) < 4.78 is 0. The van der Waals surface area contributed by atoms with E-state index < -0.39 is 0 Å². The maximum absolute atomic E-state index is 11.8. The number of hydrogen-bond donors (Lipinski definition) is 1. The summed E-state index contributed by atoms with van der Waals surface area (Å²) in [6.45, 7) is 5.80. The van der Waals surface area contributed by atoms with Crippen molar-refractivity contribution in [3.05, 3.63) is 29.6 Å². The molecular weight excluding hydrogens is 266 g/mol. The smallest absolute Gasteiger partial charge is 0.252 e. The number of likely N-dealkylation sites (tertiary alicyclic amines) is 1. The van der Waals surface area contributed by atoms with Gasteiger partial charge in [-0.1, -0.05) is 0 Å². The largest absolute Gasteiger partial charge is 0.352 e. The first-order valence-electron chi connectivity index (χ1n) is 7.57. The Morgan fingerprint density at radius 2 is 2.24 bits per heavy atom. The number of pyridine rings is 1. The summed E-state index contributed by atoms with van der Waals surface area (Å²) in [5.41, 5.74) is 1.67. The molecule has 1 aliphatic rings. The third-order valence-corrected chi connectivity index (χ3v) is 3.88. The zero-order valence-electron chi connectivity index (χ0n) is 12.8. The van der Waals surface area contributed by atoms with Crippen LogP contribution in [0.1, 0.15) is 42.6 Å². The fourth-order valence-electron chi connectivity index (χ4n) is 2.84. The minimum absolute atomic E-state index is 0.0825. The van der Waals surface area contributed by atoms with E-state index in [1.54, 1.807) is 13.1 Å². The summed E-state index contributed by atoms with van der Waals surface area (Å²) in [7, 11) is 0. The highest BCUT2D eigenvalue weighted by atomic mass is 16.2. The molecule has 0 spiro atoms. The monoisotopic (exact) mass is 289 g/mol. The van der Waals surface area contributed by atoms with Gasteiger partial charge in [-0.2, -0.15) is 0 Å². The Kier molecular flexibility index (Phi) is 5.31. The van der Waals surface area contributed by atoms with Gasteiger partial charge in [0, 0.05) is 39.0 Å². The van der Waals surface area contributed by atoms with Crippen LogP contribution >= 0.6 is 0 Å². The van der Waals surface area contributed by atoms with Crippen LogP contribution in [0.15, 0.2) is 18.5 Å². The van der Waals surface area contributed by atoms with Gasteiger partial charge in [0.05, 0.1) is 5.56 Å². The summed E-state index contributed by atoms with van der Waals surface area (Å²) in [5, 5.41) is 2.78. The Morgan fingerprint density at radius 3 is 2.95 bits per heavy atom. The van der Waals surface area contributed by atoms with Gasteiger partial charge in [0.1, 0.15) is 0 Å². The molecule has 21 heavy (non-hydrogen) atoms. The van der Waals surface area contributed by atoms with Crippen molar-refractivity contribution in [1.82, 2.24) is 15.2 Å². The van der Waals surface area contributed by atoms with Crippen molar-refractivity contribution in [3.63, 3.8) is 0 Å². The van der Waals surface area contributed by atoms with E-state index in [1.807, 2.05) is 24.1 Å². The van der Waals surface area contributed by atoms with E-state index in [9.17, 15) is 9.59 Å². The number of nitrogens with one attached hydrogen (secondary N) is 1. The molecule has 0 saturated carbocycles. The van der Waals surface area contributed by atoms with Crippen LogP contribution in [0.2, 0.25) is 0 Å². The number of amides is 2. The van der Waals surface area contributed by atoms with Crippen LogP contribution in [0.25, 0.3) is 0 Å². The summed E-state index contributed by atoms with van der Waals surface area (Å²) in [5.74, 6) is 0.517. The normalized spacial score (nSPS) is 18.4. The quantitative estimate of drug-likeness (QED) is 0.916. The summed E-state index contributed by atoms with van der Waals surface area (Å²) in [6.07, 6.45) is 6.44. The minimum Gasteiger partial charge on any atom is -0.352 e. The predicted octanol–water partition coefficient (Wildman–Crippen LogP) is 1.63. The van der Waals surface area contributed by atoms with Crippen LogP contribution in [-0.4, -0.2) is 41.3 Å². The summed E-state index contributed by atoms with van der Waals surface area (Å²) in [6, 6.07) is 1.91. The fraction of sp³-hybridized carbons (Fsp3) is 0.562. The van der Waals surface area contributed by atoms with E-state index in [2.05, 4.69) is 10.3 Å². The van der Waals surface area contributed by atoms with Crippen LogP contribution in [0.5, 0.6) is 0 Å². The second-order valence-electron chi connectivity index (χ2n) is 5.62. The van der Waals surface area contributed by atoms with E-state index in [0.717, 1.165) is 37.9 Å². The van der Waals surface area contributed by atoms with E-state index in [4.69, 9.17) is 0 Å². The van der Waals surface area contributed by atoms with Crippen molar-refractivity contribution in [2.45, 2.75) is 33.1 Å². The van der Waals surface area contributed by atoms with Crippen LogP contribution in [0, 0.1) is 5.92 Å². The molecule has 1 N–H and O–H groups in total. The van der Waals surface area contributed by atoms with Crippen molar-refractivity contribution >= 4 is 11.8 Å². The van der Waals surface area contributed by atoms with Crippen LogP contribution in [0.3, 0.4) is 0 Å². The molecule has 1 aromatic rings. The van der Waals surface area contributed by atoms with Gasteiger partial charge in [0.25, 0.3) is 5.91 Å². The molecule has 114 valence electrons. The van der Waals surface area contributed by atoms with E-state index >= 15 is 0 Å². The van der Waals surface area contributed by atoms with Gasteiger partial charge >= 0.3 is 0 Å². The summed E-state index contributed by atoms with van der Waals surface area (Å²) in [4.78, 5) is 29.4. The fourth-order valence-corrected chi connectivity index (χ4v) is 2.84. The highest BCUT2D eigenvalue weighted by molar-refractivity contribution is 5.93. The average Bonchev–Trinajstić information content (AvgIpc) is 2.48. The van der Waals surface area contributed by atoms with Gasteiger partial charge in [-0.25, -0.2) is 0 Å². The maximum Gasteiger partial charge on any atom is 0.252 e. The number of aromatic nitrogens is 1. The Hall–Kier alpha value is -1.91. The van der Waals surface area contributed by atoms with Crippen molar-refractivity contribution in [2.75, 3.05) is 19.6 Å². The van der Waals surface area contributed by atoms with Crippen LogP contribution in [0.4, 0.5) is 0 Å². The molecule has 5 heteroatoms. The van der Waals surface area contributed by atoms with Gasteiger partial charge < -0.3 is 10.2 Å². The molecule has 1 atom stereocenters. The number of piperidine rings is 1. The number of nitrogens with zero attached hydrogens (tertiary/aromatic N) is 2. The molecule has 1 saturated heterocycles. The average molecular weight is 289 g/mol. The molecule has 1 aliphatic heterocycles. The highest BCUT2D eigenvalue weighted by Gasteiger charge is 2.22. The van der Waals surface area contributed by atoms with E-state index in [1.165, 1.54) is 0 Å². The maximum atomic E-state index is 11.8. The van der Waals surface area contributed by atoms with Crippen molar-refractivity contribution in [1.29, 1.82) is 0 Å². The van der Waals surface area contributed by atoms with Crippen LogP contribution < -0.4 is 5.32 Å². The first kappa shape index (κ1) is 15.5. The molecule has 0 aromatic carbocycles. The molecule has 0 aliphatic carbocycles. The highest BCUT2D eigenvalue weighted by Crippen LogP contribution is 2.21. The van der Waals surface area contributed by atoms with Gasteiger partial charge in [-0.3, -0.25) is 14.6 Å². The predicted molar refractivity (Wildman–Crippen MR) is 80.9 cm³/mol. The zero-order valence-corrected chi connectivity index (χ0v) is 12.8. The molecule has 2 heterocycles. The molecular formula is C16H23N3O2. The van der Waals surface area contributed by atoms with Crippen molar-refractivity contribution in [3.8, 4) is 0 Å². The van der Waals surface area contributed by atoms with Gasteiger partial charge in [0.2, 0.25) is 5.91 Å². The second-order valence-corrected chi connectivity index (χ2v) is 5.62.